The second kappa shape index (κ2) is 4.71. The number of nitrogens with one attached hydrogen (secondary N) is 1. The molecule has 5 heteroatoms. The van der Waals surface area contributed by atoms with E-state index in [1.807, 2.05) is 6.07 Å². The number of hydrogen-bond donors (Lipinski definition) is 2. The van der Waals surface area contributed by atoms with E-state index in [-0.39, 0.29) is 5.84 Å². The van der Waals surface area contributed by atoms with Crippen molar-refractivity contribution in [3.8, 4) is 0 Å². The third-order valence-corrected chi connectivity index (χ3v) is 3.35. The number of nitrogen functional groups attached to an aromatic ring is 1. The molecule has 1 unspecified atom stereocenters. The van der Waals surface area contributed by atoms with E-state index in [4.69, 9.17) is 11.1 Å². The molecule has 1 atom stereocenters. The summed E-state index contributed by atoms with van der Waals surface area (Å²) in [6.07, 6.45) is 1.80. The van der Waals surface area contributed by atoms with Crippen LogP contribution in [0.3, 0.4) is 0 Å². The molecule has 2 rings (SSSR count). The van der Waals surface area contributed by atoms with Crippen LogP contribution in [-0.2, 0) is 0 Å². The molecule has 0 spiro atoms. The number of piperazine rings is 1. The zero-order chi connectivity index (χ0) is 12.4. The van der Waals surface area contributed by atoms with Gasteiger partial charge in [0.05, 0.1) is 11.9 Å². The van der Waals surface area contributed by atoms with Crippen LogP contribution >= 0.6 is 0 Å². The number of anilines is 1. The van der Waals surface area contributed by atoms with Gasteiger partial charge in [0.15, 0.2) is 0 Å². The Morgan fingerprint density at radius 2 is 2.24 bits per heavy atom. The fraction of sp³-hybridized carbons (Fsp3) is 0.500. The molecule has 0 aliphatic carbocycles. The van der Waals surface area contributed by atoms with Gasteiger partial charge in [0.25, 0.3) is 0 Å². The van der Waals surface area contributed by atoms with Crippen LogP contribution in [-0.4, -0.2) is 48.4 Å². The molecule has 0 amide bonds. The molecule has 1 aliphatic rings. The van der Waals surface area contributed by atoms with Crippen LogP contribution in [0.25, 0.3) is 0 Å². The molecule has 3 N–H and O–H groups in total. The first-order chi connectivity index (χ1) is 8.08. The summed E-state index contributed by atoms with van der Waals surface area (Å²) in [5, 5.41) is 7.30. The maximum absolute atomic E-state index is 7.30. The standard InChI is InChI=1S/C12H19N5/c1-9-8-17(6-5-16(9)2)10-3-4-11(12(13)14)15-7-10/h3-4,7,9H,5-6,8H2,1-2H3,(H3,13,14). The van der Waals surface area contributed by atoms with Crippen molar-refractivity contribution in [1.29, 1.82) is 5.41 Å². The van der Waals surface area contributed by atoms with Crippen LogP contribution < -0.4 is 10.6 Å². The van der Waals surface area contributed by atoms with Crippen LogP contribution in [0.15, 0.2) is 18.3 Å². The summed E-state index contributed by atoms with van der Waals surface area (Å²) in [6, 6.07) is 4.35. The lowest BCUT2D eigenvalue weighted by molar-refractivity contribution is 0.234. The lowest BCUT2D eigenvalue weighted by Gasteiger charge is -2.38. The van der Waals surface area contributed by atoms with Gasteiger partial charge in [-0.25, -0.2) is 0 Å². The van der Waals surface area contributed by atoms with Gasteiger partial charge in [-0.15, -0.1) is 0 Å². The van der Waals surface area contributed by atoms with Gasteiger partial charge < -0.3 is 15.5 Å². The maximum Gasteiger partial charge on any atom is 0.141 e. The Labute approximate surface area is 102 Å². The van der Waals surface area contributed by atoms with Crippen LogP contribution in [0.4, 0.5) is 5.69 Å². The molecule has 1 aromatic rings. The minimum absolute atomic E-state index is 0.0169. The highest BCUT2D eigenvalue weighted by Gasteiger charge is 2.20. The molecular formula is C12H19N5. The molecule has 2 heterocycles. The Bertz CT molecular complexity index is 400. The fourth-order valence-electron chi connectivity index (χ4n) is 2.02. The van der Waals surface area contributed by atoms with Gasteiger partial charge in [-0.05, 0) is 26.1 Å². The van der Waals surface area contributed by atoms with Gasteiger partial charge in [-0.1, -0.05) is 0 Å². The Hall–Kier alpha value is -1.62. The van der Waals surface area contributed by atoms with Gasteiger partial charge in [-0.3, -0.25) is 10.4 Å². The van der Waals surface area contributed by atoms with Gasteiger partial charge in [0.2, 0.25) is 0 Å². The molecule has 1 saturated heterocycles. The summed E-state index contributed by atoms with van der Waals surface area (Å²) in [6.45, 7) is 5.32. The molecule has 1 aliphatic heterocycles. The van der Waals surface area contributed by atoms with Crippen molar-refractivity contribution in [2.24, 2.45) is 5.73 Å². The number of aromatic nitrogens is 1. The van der Waals surface area contributed by atoms with E-state index in [0.717, 1.165) is 25.3 Å². The maximum atomic E-state index is 7.30. The fourth-order valence-corrected chi connectivity index (χ4v) is 2.02. The third-order valence-electron chi connectivity index (χ3n) is 3.35. The lowest BCUT2D eigenvalue weighted by atomic mass is 10.2. The summed E-state index contributed by atoms with van der Waals surface area (Å²) in [4.78, 5) is 8.87. The zero-order valence-electron chi connectivity index (χ0n) is 10.3. The molecule has 0 aromatic carbocycles. The number of likely N-dealkylation sites (N-methyl/N-ethyl adjacent to an activating group) is 1. The minimum atomic E-state index is 0.0169. The Morgan fingerprint density at radius 3 is 2.76 bits per heavy atom. The summed E-state index contributed by atoms with van der Waals surface area (Å²) in [5.74, 6) is 0.0169. The van der Waals surface area contributed by atoms with Crippen LogP contribution in [0, 0.1) is 5.41 Å². The number of hydrogen-bond acceptors (Lipinski definition) is 4. The van der Waals surface area contributed by atoms with E-state index in [9.17, 15) is 0 Å². The highest BCUT2D eigenvalue weighted by atomic mass is 15.3. The predicted octanol–water partition coefficient (Wildman–Crippen LogP) is 0.506. The average Bonchev–Trinajstić information content (AvgIpc) is 2.33. The highest BCUT2D eigenvalue weighted by molar-refractivity contribution is 5.93. The quantitative estimate of drug-likeness (QED) is 0.577. The van der Waals surface area contributed by atoms with Crippen molar-refractivity contribution < 1.29 is 0 Å². The number of nitrogens with two attached hydrogens (primary N) is 1. The van der Waals surface area contributed by atoms with E-state index >= 15 is 0 Å². The van der Waals surface area contributed by atoms with Crippen molar-refractivity contribution in [3.05, 3.63) is 24.0 Å². The molecule has 1 aromatic heterocycles. The van der Waals surface area contributed by atoms with E-state index in [0.29, 0.717) is 11.7 Å². The second-order valence-electron chi connectivity index (χ2n) is 4.59. The first kappa shape index (κ1) is 11.9. The molecule has 0 saturated carbocycles. The van der Waals surface area contributed by atoms with Crippen LogP contribution in [0.5, 0.6) is 0 Å². The Morgan fingerprint density at radius 1 is 1.47 bits per heavy atom. The van der Waals surface area contributed by atoms with Crippen molar-refractivity contribution in [1.82, 2.24) is 9.88 Å². The largest absolute Gasteiger partial charge is 0.382 e. The van der Waals surface area contributed by atoms with Crippen molar-refractivity contribution in [3.63, 3.8) is 0 Å². The first-order valence-corrected chi connectivity index (χ1v) is 5.83. The Balaban J connectivity index is 2.10. The van der Waals surface area contributed by atoms with Gasteiger partial charge >= 0.3 is 0 Å². The summed E-state index contributed by atoms with van der Waals surface area (Å²) < 4.78 is 0. The van der Waals surface area contributed by atoms with E-state index in [2.05, 4.69) is 28.8 Å². The minimum Gasteiger partial charge on any atom is -0.382 e. The molecule has 0 radical (unpaired) electrons. The summed E-state index contributed by atoms with van der Waals surface area (Å²) in [7, 11) is 2.15. The molecular weight excluding hydrogens is 214 g/mol. The van der Waals surface area contributed by atoms with E-state index < -0.39 is 0 Å². The number of nitrogens with zero attached hydrogens (tertiary/aromatic N) is 3. The van der Waals surface area contributed by atoms with Crippen LogP contribution in [0.2, 0.25) is 0 Å². The van der Waals surface area contributed by atoms with E-state index in [1.54, 1.807) is 12.3 Å². The number of rotatable bonds is 2. The second-order valence-corrected chi connectivity index (χ2v) is 4.59. The monoisotopic (exact) mass is 233 g/mol. The number of pyridine rings is 1. The lowest BCUT2D eigenvalue weighted by Crippen LogP contribution is -2.50. The van der Waals surface area contributed by atoms with Crippen molar-refractivity contribution in [2.75, 3.05) is 31.6 Å². The molecule has 1 fully saturated rings. The first-order valence-electron chi connectivity index (χ1n) is 5.83. The van der Waals surface area contributed by atoms with Crippen LogP contribution in [0.1, 0.15) is 12.6 Å². The SMILES string of the molecule is CC1CN(c2ccc(C(=N)N)nc2)CCN1C. The van der Waals surface area contributed by atoms with Crippen molar-refractivity contribution in [2.45, 2.75) is 13.0 Å². The normalized spacial score (nSPS) is 21.5. The molecule has 17 heavy (non-hydrogen) atoms. The molecule has 92 valence electrons. The molecule has 5 nitrogen and oxygen atoms in total. The Kier molecular flexibility index (Phi) is 3.28. The predicted molar refractivity (Wildman–Crippen MR) is 69.6 cm³/mol. The number of amidine groups is 1. The average molecular weight is 233 g/mol. The molecule has 0 bridgehead atoms. The highest BCUT2D eigenvalue weighted by Crippen LogP contribution is 2.17. The summed E-state index contributed by atoms with van der Waals surface area (Å²) >= 11 is 0. The van der Waals surface area contributed by atoms with Crippen molar-refractivity contribution >= 4 is 11.5 Å². The third kappa shape index (κ3) is 2.55. The summed E-state index contributed by atoms with van der Waals surface area (Å²) in [5.41, 5.74) is 7.03. The zero-order valence-corrected chi connectivity index (χ0v) is 10.3. The van der Waals surface area contributed by atoms with E-state index in [1.165, 1.54) is 0 Å². The van der Waals surface area contributed by atoms with Gasteiger partial charge in [-0.2, -0.15) is 0 Å². The van der Waals surface area contributed by atoms with Gasteiger partial charge in [0.1, 0.15) is 11.5 Å². The van der Waals surface area contributed by atoms with Gasteiger partial charge in [0, 0.05) is 25.7 Å². The topological polar surface area (TPSA) is 69.2 Å². The smallest absolute Gasteiger partial charge is 0.141 e.